The van der Waals surface area contributed by atoms with E-state index in [1.54, 1.807) is 0 Å². The number of carbonyl (C=O) groups excluding carboxylic acids is 3. The van der Waals surface area contributed by atoms with Crippen molar-refractivity contribution < 1.29 is 28.6 Å². The Bertz CT molecular complexity index is 1450. The molecule has 0 aromatic rings. The van der Waals surface area contributed by atoms with E-state index in [0.717, 1.165) is 122 Å². The first kappa shape index (κ1) is 63.8. The molecule has 1 unspecified atom stereocenters. The van der Waals surface area contributed by atoms with Crippen LogP contribution in [0, 0.1) is 0 Å². The lowest BCUT2D eigenvalue weighted by atomic mass is 10.1. The molecule has 0 N–H and O–H groups in total. The van der Waals surface area contributed by atoms with Crippen LogP contribution in [0.15, 0.2) is 122 Å². The lowest BCUT2D eigenvalue weighted by Gasteiger charge is -2.18. The fourth-order valence-electron chi connectivity index (χ4n) is 7.12. The van der Waals surface area contributed by atoms with Crippen molar-refractivity contribution in [3.8, 4) is 0 Å². The summed E-state index contributed by atoms with van der Waals surface area (Å²) in [5, 5.41) is 0. The van der Waals surface area contributed by atoms with E-state index >= 15 is 0 Å². The van der Waals surface area contributed by atoms with Crippen LogP contribution < -0.4 is 0 Å². The van der Waals surface area contributed by atoms with Crippen molar-refractivity contribution in [1.82, 2.24) is 0 Å². The molecule has 0 radical (unpaired) electrons. The molecule has 0 rings (SSSR count). The van der Waals surface area contributed by atoms with Crippen molar-refractivity contribution in [1.29, 1.82) is 0 Å². The Labute approximate surface area is 418 Å². The maximum atomic E-state index is 12.8. The summed E-state index contributed by atoms with van der Waals surface area (Å²) in [6.07, 6.45) is 76.3. The zero-order valence-electron chi connectivity index (χ0n) is 43.8. The Morgan fingerprint density at radius 2 is 0.588 bits per heavy atom. The maximum absolute atomic E-state index is 12.8. The fraction of sp³-hybridized carbons (Fsp3) is 0.629. The summed E-state index contributed by atoms with van der Waals surface area (Å²) in [6, 6.07) is 0. The van der Waals surface area contributed by atoms with Gasteiger partial charge in [-0.25, -0.2) is 0 Å². The van der Waals surface area contributed by atoms with E-state index in [1.165, 1.54) is 64.2 Å². The highest BCUT2D eigenvalue weighted by molar-refractivity contribution is 5.71. The van der Waals surface area contributed by atoms with Gasteiger partial charge in [0, 0.05) is 19.3 Å². The summed E-state index contributed by atoms with van der Waals surface area (Å²) in [5.41, 5.74) is 0. The minimum atomic E-state index is -0.815. The van der Waals surface area contributed by atoms with Crippen LogP contribution in [0.2, 0.25) is 0 Å². The molecular formula is C62H100O6. The van der Waals surface area contributed by atoms with Crippen molar-refractivity contribution in [2.24, 2.45) is 0 Å². The molecule has 0 fully saturated rings. The second kappa shape index (κ2) is 55.4. The van der Waals surface area contributed by atoms with E-state index in [1.807, 2.05) is 0 Å². The number of esters is 3. The van der Waals surface area contributed by atoms with Gasteiger partial charge >= 0.3 is 17.9 Å². The highest BCUT2D eigenvalue weighted by Crippen LogP contribution is 2.14. The number of hydrogen-bond donors (Lipinski definition) is 0. The summed E-state index contributed by atoms with van der Waals surface area (Å²) in [5.74, 6) is -0.987. The predicted octanol–water partition coefficient (Wildman–Crippen LogP) is 18.5. The average Bonchev–Trinajstić information content (AvgIpc) is 3.34. The third-order valence-corrected chi connectivity index (χ3v) is 11.2. The first-order chi connectivity index (χ1) is 33.5. The zero-order valence-corrected chi connectivity index (χ0v) is 43.8. The topological polar surface area (TPSA) is 78.9 Å². The molecule has 0 spiro atoms. The number of rotatable bonds is 48. The quantitative estimate of drug-likeness (QED) is 0.0262. The molecule has 384 valence electrons. The average molecular weight is 941 g/mol. The molecule has 0 amide bonds. The first-order valence-corrected chi connectivity index (χ1v) is 27.5. The molecule has 0 aromatic heterocycles. The molecule has 0 saturated carbocycles. The Morgan fingerprint density at radius 1 is 0.309 bits per heavy atom. The Kier molecular flexibility index (Phi) is 52.0. The molecule has 68 heavy (non-hydrogen) atoms. The van der Waals surface area contributed by atoms with Gasteiger partial charge in [-0.2, -0.15) is 0 Å². The van der Waals surface area contributed by atoms with Crippen LogP contribution in [-0.4, -0.2) is 37.2 Å². The van der Waals surface area contributed by atoms with Gasteiger partial charge in [0.25, 0.3) is 0 Å². The second-order valence-electron chi connectivity index (χ2n) is 17.7. The smallest absolute Gasteiger partial charge is 0.306 e. The molecular weight excluding hydrogens is 841 g/mol. The highest BCUT2D eigenvalue weighted by Gasteiger charge is 2.19. The number of carbonyl (C=O) groups is 3. The Hall–Kier alpha value is -4.19. The molecule has 0 aliphatic carbocycles. The summed E-state index contributed by atoms with van der Waals surface area (Å²) < 4.78 is 16.7. The summed E-state index contributed by atoms with van der Waals surface area (Å²) in [4.78, 5) is 38.0. The predicted molar refractivity (Wildman–Crippen MR) is 293 cm³/mol. The van der Waals surface area contributed by atoms with Crippen molar-refractivity contribution in [2.45, 2.75) is 239 Å². The summed E-state index contributed by atoms with van der Waals surface area (Å²) in [6.45, 7) is 6.28. The summed E-state index contributed by atoms with van der Waals surface area (Å²) >= 11 is 0. The van der Waals surface area contributed by atoms with Gasteiger partial charge in [-0.1, -0.05) is 219 Å². The minimum Gasteiger partial charge on any atom is -0.462 e. The number of unbranched alkanes of at least 4 members (excludes halogenated alkanes) is 17. The van der Waals surface area contributed by atoms with Crippen molar-refractivity contribution in [2.75, 3.05) is 13.2 Å². The Morgan fingerprint density at radius 3 is 0.956 bits per heavy atom. The van der Waals surface area contributed by atoms with Crippen molar-refractivity contribution in [3.63, 3.8) is 0 Å². The molecule has 6 nitrogen and oxygen atoms in total. The van der Waals surface area contributed by atoms with Crippen LogP contribution in [0.5, 0.6) is 0 Å². The largest absolute Gasteiger partial charge is 0.462 e. The van der Waals surface area contributed by atoms with Gasteiger partial charge in [0.05, 0.1) is 0 Å². The van der Waals surface area contributed by atoms with Gasteiger partial charge in [0.15, 0.2) is 6.10 Å². The molecule has 0 saturated heterocycles. The lowest BCUT2D eigenvalue weighted by Crippen LogP contribution is -2.30. The molecule has 0 aliphatic rings. The molecule has 0 aromatic carbocycles. The van der Waals surface area contributed by atoms with Gasteiger partial charge in [0.2, 0.25) is 0 Å². The van der Waals surface area contributed by atoms with Crippen LogP contribution in [0.4, 0.5) is 0 Å². The zero-order chi connectivity index (χ0) is 49.3. The monoisotopic (exact) mass is 941 g/mol. The van der Waals surface area contributed by atoms with Crippen LogP contribution in [0.3, 0.4) is 0 Å². The number of hydrogen-bond acceptors (Lipinski definition) is 6. The SMILES string of the molecule is CC/C=C\C/C=C\C/C=C\C/C=C\C/C=C\CCCC(=O)OC(COC(=O)CCCCCCC/C=C\CCC)COC(=O)CCCCCCCCCCCC/C=C\C/C=C\C/C=C\C/C=C\CC. The fourth-order valence-corrected chi connectivity index (χ4v) is 7.12. The van der Waals surface area contributed by atoms with E-state index < -0.39 is 6.10 Å². The highest BCUT2D eigenvalue weighted by atomic mass is 16.6. The van der Waals surface area contributed by atoms with Crippen LogP contribution in [-0.2, 0) is 28.6 Å². The van der Waals surface area contributed by atoms with Crippen molar-refractivity contribution >= 4 is 17.9 Å². The lowest BCUT2D eigenvalue weighted by molar-refractivity contribution is -0.167. The van der Waals surface area contributed by atoms with Crippen LogP contribution >= 0.6 is 0 Å². The first-order valence-electron chi connectivity index (χ1n) is 27.5. The van der Waals surface area contributed by atoms with Gasteiger partial charge in [-0.15, -0.1) is 0 Å². The van der Waals surface area contributed by atoms with Crippen molar-refractivity contribution in [3.05, 3.63) is 122 Å². The standard InChI is InChI=1S/C62H100O6/c1-4-7-10-13-16-19-22-24-26-28-29-30-31-32-33-35-36-38-40-43-46-49-52-55-61(64)67-58-59(57-66-60(63)54-51-48-45-42-21-18-15-12-9-6-3)68-62(65)56-53-50-47-44-41-39-37-34-27-25-23-20-17-14-11-8-5-2/h7-8,10-12,15-17,19-20,24-27,29-30,37,39,44,47,59H,4-6,9,13-14,18,21-23,28,31-36,38,40-43,45-46,48-58H2,1-3H3/b10-7-,11-8-,15-12-,19-16-,20-17-,26-24-,27-25-,30-29-,39-37-,47-44-. The number of allylic oxidation sites excluding steroid dienone is 20. The van der Waals surface area contributed by atoms with Crippen LogP contribution in [0.25, 0.3) is 0 Å². The van der Waals surface area contributed by atoms with E-state index in [2.05, 4.69) is 142 Å². The third-order valence-electron chi connectivity index (χ3n) is 11.2. The molecule has 0 bridgehead atoms. The Balaban J connectivity index is 4.39. The van der Waals surface area contributed by atoms with Crippen LogP contribution in [0.1, 0.15) is 233 Å². The minimum absolute atomic E-state index is 0.108. The van der Waals surface area contributed by atoms with E-state index in [-0.39, 0.29) is 37.5 Å². The van der Waals surface area contributed by atoms with Gasteiger partial charge in [0.1, 0.15) is 13.2 Å². The molecule has 6 heteroatoms. The van der Waals surface area contributed by atoms with Gasteiger partial charge in [-0.3, -0.25) is 14.4 Å². The maximum Gasteiger partial charge on any atom is 0.306 e. The third kappa shape index (κ3) is 52.8. The van der Waals surface area contributed by atoms with E-state index in [9.17, 15) is 14.4 Å². The molecule has 1 atom stereocenters. The number of ether oxygens (including phenoxy) is 3. The van der Waals surface area contributed by atoms with Gasteiger partial charge < -0.3 is 14.2 Å². The summed E-state index contributed by atoms with van der Waals surface area (Å²) in [7, 11) is 0. The molecule has 0 aliphatic heterocycles. The van der Waals surface area contributed by atoms with E-state index in [0.29, 0.717) is 19.3 Å². The second-order valence-corrected chi connectivity index (χ2v) is 17.7. The normalized spacial score (nSPS) is 13.0. The van der Waals surface area contributed by atoms with E-state index in [4.69, 9.17) is 14.2 Å². The molecule has 0 heterocycles. The van der Waals surface area contributed by atoms with Gasteiger partial charge in [-0.05, 0) is 116 Å².